The zero-order chi connectivity index (χ0) is 13.1. The molecule has 0 spiro atoms. The number of nitrogens with one attached hydrogen (secondary N) is 1. The monoisotopic (exact) mass is 264 g/mol. The van der Waals surface area contributed by atoms with Gasteiger partial charge in [0, 0.05) is 18.6 Å². The lowest BCUT2D eigenvalue weighted by Crippen LogP contribution is -2.47. The molecule has 2 nitrogen and oxygen atoms in total. The molecule has 1 aliphatic heterocycles. The zero-order valence-electron chi connectivity index (χ0n) is 12.7. The molecule has 3 aliphatic rings. The van der Waals surface area contributed by atoms with Crippen LogP contribution in [0.15, 0.2) is 0 Å². The maximum atomic E-state index is 3.80. The van der Waals surface area contributed by atoms with Gasteiger partial charge in [-0.1, -0.05) is 19.8 Å². The van der Waals surface area contributed by atoms with Crippen LogP contribution in [0.3, 0.4) is 0 Å². The van der Waals surface area contributed by atoms with Gasteiger partial charge in [0.25, 0.3) is 0 Å². The van der Waals surface area contributed by atoms with E-state index in [1.54, 1.807) is 0 Å². The predicted octanol–water partition coefficient (Wildman–Crippen LogP) is 3.42. The number of nitrogens with zero attached hydrogens (tertiary/aromatic N) is 1. The van der Waals surface area contributed by atoms with E-state index < -0.39 is 0 Å². The van der Waals surface area contributed by atoms with Gasteiger partial charge in [0.2, 0.25) is 0 Å². The van der Waals surface area contributed by atoms with Crippen molar-refractivity contribution < 1.29 is 0 Å². The lowest BCUT2D eigenvalue weighted by atomic mass is 9.90. The lowest BCUT2D eigenvalue weighted by molar-refractivity contribution is 0.0900. The van der Waals surface area contributed by atoms with Gasteiger partial charge in [-0.3, -0.25) is 4.90 Å². The van der Waals surface area contributed by atoms with Crippen molar-refractivity contribution >= 4 is 0 Å². The molecule has 0 bridgehead atoms. The van der Waals surface area contributed by atoms with E-state index in [-0.39, 0.29) is 0 Å². The SMILES string of the molecule is CCCNC1CCCC1CN1CCCC2CCCC21. The van der Waals surface area contributed by atoms with E-state index >= 15 is 0 Å². The first-order valence-corrected chi connectivity index (χ1v) is 8.86. The molecule has 3 rings (SSSR count). The molecule has 0 aromatic rings. The standard InChI is InChI=1S/C17H32N2/c1-2-11-18-16-9-3-7-15(16)13-19-12-5-8-14-6-4-10-17(14)19/h14-18H,2-13H2,1H3. The van der Waals surface area contributed by atoms with Gasteiger partial charge in [-0.25, -0.2) is 0 Å². The van der Waals surface area contributed by atoms with Gasteiger partial charge < -0.3 is 5.32 Å². The first kappa shape index (κ1) is 13.9. The Morgan fingerprint density at radius 1 is 1.00 bits per heavy atom. The Kier molecular flexibility index (Phi) is 4.81. The van der Waals surface area contributed by atoms with E-state index in [1.807, 2.05) is 0 Å². The summed E-state index contributed by atoms with van der Waals surface area (Å²) in [5, 5.41) is 3.80. The fraction of sp³-hybridized carbons (Fsp3) is 1.00. The van der Waals surface area contributed by atoms with Crippen molar-refractivity contribution in [2.24, 2.45) is 11.8 Å². The Balaban J connectivity index is 1.54. The highest BCUT2D eigenvalue weighted by atomic mass is 15.2. The predicted molar refractivity (Wildman–Crippen MR) is 81.4 cm³/mol. The lowest BCUT2D eigenvalue weighted by Gasteiger charge is -2.40. The van der Waals surface area contributed by atoms with Crippen LogP contribution in [0, 0.1) is 11.8 Å². The van der Waals surface area contributed by atoms with E-state index in [0.29, 0.717) is 0 Å². The summed E-state index contributed by atoms with van der Waals surface area (Å²) in [5.74, 6) is 1.99. The summed E-state index contributed by atoms with van der Waals surface area (Å²) in [6.45, 7) is 6.28. The third-order valence-electron chi connectivity index (χ3n) is 5.89. The molecule has 4 atom stereocenters. The number of hydrogen-bond acceptors (Lipinski definition) is 2. The quantitative estimate of drug-likeness (QED) is 0.818. The van der Waals surface area contributed by atoms with Crippen LogP contribution < -0.4 is 5.32 Å². The van der Waals surface area contributed by atoms with Crippen molar-refractivity contribution in [3.05, 3.63) is 0 Å². The van der Waals surface area contributed by atoms with Crippen LogP contribution in [0.4, 0.5) is 0 Å². The molecule has 2 saturated carbocycles. The first-order valence-electron chi connectivity index (χ1n) is 8.86. The Morgan fingerprint density at radius 2 is 1.84 bits per heavy atom. The zero-order valence-corrected chi connectivity index (χ0v) is 12.7. The summed E-state index contributed by atoms with van der Waals surface area (Å²) in [4.78, 5) is 2.89. The highest BCUT2D eigenvalue weighted by molar-refractivity contribution is 4.92. The van der Waals surface area contributed by atoms with E-state index in [4.69, 9.17) is 0 Å². The fourth-order valence-electron chi connectivity index (χ4n) is 4.94. The van der Waals surface area contributed by atoms with Crippen molar-refractivity contribution in [3.63, 3.8) is 0 Å². The van der Waals surface area contributed by atoms with Crippen molar-refractivity contribution in [3.8, 4) is 0 Å². The first-order chi connectivity index (χ1) is 9.38. The van der Waals surface area contributed by atoms with Crippen molar-refractivity contribution in [2.45, 2.75) is 76.8 Å². The summed E-state index contributed by atoms with van der Waals surface area (Å²) in [6, 6.07) is 1.78. The highest BCUT2D eigenvalue weighted by Crippen LogP contribution is 2.38. The van der Waals surface area contributed by atoms with Gasteiger partial charge in [-0.2, -0.15) is 0 Å². The number of rotatable bonds is 5. The molecular formula is C17H32N2. The van der Waals surface area contributed by atoms with E-state index in [0.717, 1.165) is 23.9 Å². The average molecular weight is 264 g/mol. The van der Waals surface area contributed by atoms with Gasteiger partial charge in [-0.05, 0) is 69.9 Å². The molecule has 1 N–H and O–H groups in total. The molecule has 0 aromatic carbocycles. The van der Waals surface area contributed by atoms with Crippen LogP contribution in [0.1, 0.15) is 64.7 Å². The second-order valence-electron chi connectivity index (χ2n) is 7.15. The van der Waals surface area contributed by atoms with Gasteiger partial charge in [0.05, 0.1) is 0 Å². The number of likely N-dealkylation sites (tertiary alicyclic amines) is 1. The molecule has 1 saturated heterocycles. The van der Waals surface area contributed by atoms with E-state index in [9.17, 15) is 0 Å². The third kappa shape index (κ3) is 3.16. The molecule has 1 heterocycles. The number of piperidine rings is 1. The normalized spacial score (nSPS) is 39.6. The molecule has 0 amide bonds. The van der Waals surface area contributed by atoms with Crippen LogP contribution in [0.2, 0.25) is 0 Å². The highest BCUT2D eigenvalue weighted by Gasteiger charge is 2.37. The van der Waals surface area contributed by atoms with Crippen LogP contribution in [0.5, 0.6) is 0 Å². The molecule has 2 aliphatic carbocycles. The molecule has 19 heavy (non-hydrogen) atoms. The fourth-order valence-corrected chi connectivity index (χ4v) is 4.94. The third-order valence-corrected chi connectivity index (χ3v) is 5.89. The summed E-state index contributed by atoms with van der Waals surface area (Å²) in [7, 11) is 0. The van der Waals surface area contributed by atoms with E-state index in [2.05, 4.69) is 17.1 Å². The molecule has 2 heteroatoms. The smallest absolute Gasteiger partial charge is 0.0124 e. The van der Waals surface area contributed by atoms with Crippen LogP contribution >= 0.6 is 0 Å². The Labute approximate surface area is 119 Å². The maximum absolute atomic E-state index is 3.80. The molecular weight excluding hydrogens is 232 g/mol. The molecule has 4 unspecified atom stereocenters. The average Bonchev–Trinajstić information content (AvgIpc) is 3.05. The summed E-state index contributed by atoms with van der Waals surface area (Å²) in [6.07, 6.45) is 13.1. The Hall–Kier alpha value is -0.0800. The van der Waals surface area contributed by atoms with Crippen molar-refractivity contribution in [2.75, 3.05) is 19.6 Å². The van der Waals surface area contributed by atoms with Gasteiger partial charge in [0.1, 0.15) is 0 Å². The molecule has 110 valence electrons. The minimum absolute atomic E-state index is 0.821. The minimum atomic E-state index is 0.821. The summed E-state index contributed by atoms with van der Waals surface area (Å²) < 4.78 is 0. The molecule has 0 aromatic heterocycles. The van der Waals surface area contributed by atoms with Crippen LogP contribution in [-0.2, 0) is 0 Å². The summed E-state index contributed by atoms with van der Waals surface area (Å²) in [5.41, 5.74) is 0. The largest absolute Gasteiger partial charge is 0.314 e. The second-order valence-corrected chi connectivity index (χ2v) is 7.15. The second kappa shape index (κ2) is 6.58. The van der Waals surface area contributed by atoms with Crippen molar-refractivity contribution in [1.82, 2.24) is 10.2 Å². The maximum Gasteiger partial charge on any atom is 0.0124 e. The number of hydrogen-bond donors (Lipinski definition) is 1. The number of fused-ring (bicyclic) bond motifs is 1. The van der Waals surface area contributed by atoms with Crippen LogP contribution in [-0.4, -0.2) is 36.6 Å². The van der Waals surface area contributed by atoms with Crippen molar-refractivity contribution in [1.29, 1.82) is 0 Å². The van der Waals surface area contributed by atoms with E-state index in [1.165, 1.54) is 77.4 Å². The minimum Gasteiger partial charge on any atom is -0.314 e. The molecule has 0 radical (unpaired) electrons. The Bertz CT molecular complexity index is 278. The topological polar surface area (TPSA) is 15.3 Å². The molecule has 3 fully saturated rings. The van der Waals surface area contributed by atoms with Crippen LogP contribution in [0.25, 0.3) is 0 Å². The van der Waals surface area contributed by atoms with Gasteiger partial charge in [-0.15, -0.1) is 0 Å². The van der Waals surface area contributed by atoms with Gasteiger partial charge >= 0.3 is 0 Å². The Morgan fingerprint density at radius 3 is 2.74 bits per heavy atom. The van der Waals surface area contributed by atoms with Gasteiger partial charge in [0.15, 0.2) is 0 Å². The summed E-state index contributed by atoms with van der Waals surface area (Å²) >= 11 is 0.